The van der Waals surface area contributed by atoms with Gasteiger partial charge in [0.25, 0.3) is 0 Å². The molecule has 1 N–H and O–H groups in total. The fraction of sp³-hybridized carbons (Fsp3) is 0.500. The second kappa shape index (κ2) is 8.20. The zero-order valence-corrected chi connectivity index (χ0v) is 18.2. The summed E-state index contributed by atoms with van der Waals surface area (Å²) in [5.74, 6) is 2.09. The van der Waals surface area contributed by atoms with Crippen LogP contribution in [0.25, 0.3) is 22.4 Å². The van der Waals surface area contributed by atoms with E-state index in [4.69, 9.17) is 13.9 Å². The van der Waals surface area contributed by atoms with Crippen LogP contribution in [0.2, 0.25) is 0 Å². The van der Waals surface area contributed by atoms with E-state index in [-0.39, 0.29) is 5.54 Å². The third-order valence-corrected chi connectivity index (χ3v) is 5.10. The zero-order valence-electron chi connectivity index (χ0n) is 18.2. The lowest BCUT2D eigenvalue weighted by molar-refractivity contribution is 0.161. The molecule has 4 rings (SSSR count). The van der Waals surface area contributed by atoms with Crippen molar-refractivity contribution >= 4 is 16.9 Å². The monoisotopic (exact) mass is 411 g/mol. The molecular weight excluding hydrogens is 382 g/mol. The fourth-order valence-corrected chi connectivity index (χ4v) is 3.89. The predicted octanol–water partition coefficient (Wildman–Crippen LogP) is 3.41. The number of fused-ring (bicyclic) bond motifs is 1. The van der Waals surface area contributed by atoms with Gasteiger partial charge in [0.2, 0.25) is 5.89 Å². The molecule has 1 aliphatic rings. The molecule has 1 aliphatic heterocycles. The summed E-state index contributed by atoms with van der Waals surface area (Å²) < 4.78 is 16.4. The van der Waals surface area contributed by atoms with Crippen LogP contribution in [0.3, 0.4) is 0 Å². The lowest BCUT2D eigenvalue weighted by Gasteiger charge is -2.26. The number of nitrogens with zero attached hydrogens (tertiary/aromatic N) is 4. The van der Waals surface area contributed by atoms with E-state index in [0.29, 0.717) is 29.9 Å². The third-order valence-electron chi connectivity index (χ3n) is 5.10. The van der Waals surface area contributed by atoms with Crippen molar-refractivity contribution in [1.82, 2.24) is 20.5 Å². The summed E-state index contributed by atoms with van der Waals surface area (Å²) in [6.07, 6.45) is 1.10. The van der Waals surface area contributed by atoms with Crippen molar-refractivity contribution in [3.63, 3.8) is 0 Å². The van der Waals surface area contributed by atoms with E-state index in [9.17, 15) is 0 Å². The maximum absolute atomic E-state index is 5.77. The molecule has 3 heterocycles. The van der Waals surface area contributed by atoms with E-state index >= 15 is 0 Å². The molecule has 1 unspecified atom stereocenters. The average Bonchev–Trinajstić information content (AvgIpc) is 3.32. The third kappa shape index (κ3) is 4.39. The first kappa shape index (κ1) is 20.6. The lowest BCUT2D eigenvalue weighted by atomic mass is 10.1. The van der Waals surface area contributed by atoms with E-state index in [1.54, 1.807) is 14.2 Å². The minimum absolute atomic E-state index is 0.106. The van der Waals surface area contributed by atoms with Crippen LogP contribution in [0, 0.1) is 0 Å². The highest BCUT2D eigenvalue weighted by atomic mass is 16.5. The van der Waals surface area contributed by atoms with Crippen molar-refractivity contribution in [3.05, 3.63) is 30.2 Å². The molecule has 0 radical (unpaired) electrons. The van der Waals surface area contributed by atoms with E-state index < -0.39 is 0 Å². The van der Waals surface area contributed by atoms with Gasteiger partial charge in [-0.2, -0.15) is 0 Å². The van der Waals surface area contributed by atoms with Gasteiger partial charge in [0.15, 0.2) is 11.4 Å². The van der Waals surface area contributed by atoms with Crippen LogP contribution >= 0.6 is 0 Å². The van der Waals surface area contributed by atoms with Crippen LogP contribution in [-0.2, 0) is 11.3 Å². The first-order valence-electron chi connectivity index (χ1n) is 10.2. The van der Waals surface area contributed by atoms with Gasteiger partial charge >= 0.3 is 0 Å². The smallest absolute Gasteiger partial charge is 0.221 e. The lowest BCUT2D eigenvalue weighted by Crippen LogP contribution is -2.45. The van der Waals surface area contributed by atoms with Gasteiger partial charge in [-0.05, 0) is 45.4 Å². The fourth-order valence-electron chi connectivity index (χ4n) is 3.89. The van der Waals surface area contributed by atoms with Gasteiger partial charge in [0, 0.05) is 43.4 Å². The van der Waals surface area contributed by atoms with Gasteiger partial charge in [-0.3, -0.25) is 0 Å². The summed E-state index contributed by atoms with van der Waals surface area (Å²) in [5.41, 5.74) is 3.04. The Hall–Kier alpha value is -2.71. The largest absolute Gasteiger partial charge is 0.496 e. The molecule has 1 aromatic carbocycles. The van der Waals surface area contributed by atoms with Gasteiger partial charge in [-0.1, -0.05) is 0 Å². The van der Waals surface area contributed by atoms with Crippen molar-refractivity contribution in [2.45, 2.75) is 45.4 Å². The van der Waals surface area contributed by atoms with E-state index in [0.717, 1.165) is 42.1 Å². The molecule has 3 aromatic rings. The Morgan fingerprint density at radius 1 is 1.20 bits per heavy atom. The molecule has 1 atom stereocenters. The van der Waals surface area contributed by atoms with Gasteiger partial charge in [-0.25, -0.2) is 4.98 Å². The molecule has 1 fully saturated rings. The molecule has 30 heavy (non-hydrogen) atoms. The number of hydrogen-bond donors (Lipinski definition) is 1. The molecule has 8 nitrogen and oxygen atoms in total. The minimum Gasteiger partial charge on any atom is -0.496 e. The molecule has 8 heteroatoms. The Balaban J connectivity index is 1.56. The van der Waals surface area contributed by atoms with Crippen molar-refractivity contribution in [3.8, 4) is 17.0 Å². The van der Waals surface area contributed by atoms with E-state index in [1.807, 2.05) is 24.3 Å². The number of ether oxygens (including phenoxy) is 2. The van der Waals surface area contributed by atoms with Crippen LogP contribution < -0.4 is 15.0 Å². The van der Waals surface area contributed by atoms with Crippen LogP contribution in [0.15, 0.2) is 28.7 Å². The van der Waals surface area contributed by atoms with E-state index in [2.05, 4.69) is 46.2 Å². The Kier molecular flexibility index (Phi) is 5.62. The maximum atomic E-state index is 5.77. The molecule has 0 bridgehead atoms. The van der Waals surface area contributed by atoms with E-state index in [1.165, 1.54) is 0 Å². The molecule has 0 amide bonds. The normalized spacial score (nSPS) is 17.1. The highest BCUT2D eigenvalue weighted by Crippen LogP contribution is 2.34. The Bertz CT molecular complexity index is 1010. The summed E-state index contributed by atoms with van der Waals surface area (Å²) in [6, 6.07) is 8.20. The molecule has 0 saturated carbocycles. The first-order chi connectivity index (χ1) is 14.4. The topological polar surface area (TPSA) is 85.5 Å². The Labute approximate surface area is 176 Å². The van der Waals surface area contributed by atoms with Crippen LogP contribution in [0.1, 0.15) is 33.1 Å². The van der Waals surface area contributed by atoms with Gasteiger partial charge in [0.05, 0.1) is 12.8 Å². The number of nitrogens with one attached hydrogen (secondary N) is 1. The standard InChI is InChI=1S/C22H29N5O3/c1-22(2,3)24-14-8-9-27(12-14)20-7-6-16(25-26-20)15-10-19-17(11-18(15)29-5)23-21(30-19)13-28-4/h6-7,10-11,14,24H,8-9,12-13H2,1-5H3. The Morgan fingerprint density at radius 3 is 2.70 bits per heavy atom. The van der Waals surface area contributed by atoms with Crippen LogP contribution in [0.5, 0.6) is 5.75 Å². The number of methoxy groups -OCH3 is 2. The minimum atomic E-state index is 0.106. The highest BCUT2D eigenvalue weighted by molar-refractivity contribution is 5.84. The van der Waals surface area contributed by atoms with Crippen molar-refractivity contribution in [2.75, 3.05) is 32.2 Å². The SMILES string of the molecule is COCc1nc2cc(OC)c(-c3ccc(N4CCC(NC(C)(C)C)C4)nn3)cc2o1. The molecular formula is C22H29N5O3. The van der Waals surface area contributed by atoms with Gasteiger partial charge in [-0.15, -0.1) is 10.2 Å². The number of hydrogen-bond acceptors (Lipinski definition) is 8. The highest BCUT2D eigenvalue weighted by Gasteiger charge is 2.27. The van der Waals surface area contributed by atoms with Crippen molar-refractivity contribution in [2.24, 2.45) is 0 Å². The second-order valence-corrected chi connectivity index (χ2v) is 8.66. The predicted molar refractivity (Wildman–Crippen MR) is 116 cm³/mol. The van der Waals surface area contributed by atoms with Gasteiger partial charge < -0.3 is 24.1 Å². The summed E-state index contributed by atoms with van der Waals surface area (Å²) in [4.78, 5) is 6.70. The number of rotatable bonds is 6. The molecule has 2 aromatic heterocycles. The summed E-state index contributed by atoms with van der Waals surface area (Å²) in [6.45, 7) is 8.81. The molecule has 0 spiro atoms. The van der Waals surface area contributed by atoms with Gasteiger partial charge in [0.1, 0.15) is 17.9 Å². The summed E-state index contributed by atoms with van der Waals surface area (Å²) >= 11 is 0. The molecule has 160 valence electrons. The van der Waals surface area contributed by atoms with Crippen molar-refractivity contribution < 1.29 is 13.9 Å². The summed E-state index contributed by atoms with van der Waals surface area (Å²) in [5, 5.41) is 12.6. The van der Waals surface area contributed by atoms with Crippen molar-refractivity contribution in [1.29, 1.82) is 0 Å². The maximum Gasteiger partial charge on any atom is 0.221 e. The van der Waals surface area contributed by atoms with Crippen LogP contribution in [0.4, 0.5) is 5.82 Å². The number of benzene rings is 1. The zero-order chi connectivity index (χ0) is 21.3. The molecule has 0 aliphatic carbocycles. The molecule has 1 saturated heterocycles. The quantitative estimate of drug-likeness (QED) is 0.661. The second-order valence-electron chi connectivity index (χ2n) is 8.66. The Morgan fingerprint density at radius 2 is 2.03 bits per heavy atom. The van der Waals surface area contributed by atoms with Crippen LogP contribution in [-0.4, -0.2) is 54.1 Å². The number of anilines is 1. The number of oxazole rings is 1. The first-order valence-corrected chi connectivity index (χ1v) is 10.2. The summed E-state index contributed by atoms with van der Waals surface area (Å²) in [7, 11) is 3.25. The number of aromatic nitrogens is 3. The average molecular weight is 412 g/mol.